The summed E-state index contributed by atoms with van der Waals surface area (Å²) in [5.41, 5.74) is 1.80. The molecule has 0 spiro atoms. The summed E-state index contributed by atoms with van der Waals surface area (Å²) < 4.78 is 5.68. The third-order valence-electron chi connectivity index (χ3n) is 2.77. The highest BCUT2D eigenvalue weighted by Crippen LogP contribution is 2.22. The molecule has 1 N–H and O–H groups in total. The number of aryl methyl sites for hydroxylation is 1. The van der Waals surface area contributed by atoms with Crippen LogP contribution >= 0.6 is 0 Å². The molecule has 0 bridgehead atoms. The number of ether oxygens (including phenoxy) is 1. The van der Waals surface area contributed by atoms with Crippen molar-refractivity contribution in [1.29, 1.82) is 5.26 Å². The number of nitrogens with zero attached hydrogens (tertiary/aromatic N) is 1. The highest BCUT2D eigenvalue weighted by Gasteiger charge is 1.99. The second-order valence-electron chi connectivity index (χ2n) is 4.21. The van der Waals surface area contributed by atoms with Crippen LogP contribution in [0.1, 0.15) is 17.5 Å². The summed E-state index contributed by atoms with van der Waals surface area (Å²) in [5, 5.41) is 17.5. The first-order valence-electron chi connectivity index (χ1n) is 6.19. The van der Waals surface area contributed by atoms with E-state index in [2.05, 4.69) is 6.07 Å². The molecule has 3 nitrogen and oxygen atoms in total. The molecule has 0 aliphatic rings. The van der Waals surface area contributed by atoms with Gasteiger partial charge in [0.25, 0.3) is 0 Å². The molecular formula is C16H15NO2. The van der Waals surface area contributed by atoms with Gasteiger partial charge in [-0.05, 0) is 54.8 Å². The number of hydrogen-bond acceptors (Lipinski definition) is 3. The Bertz CT molecular complexity index is 553. The Morgan fingerprint density at radius 1 is 0.947 bits per heavy atom. The van der Waals surface area contributed by atoms with Gasteiger partial charge in [0.1, 0.15) is 11.5 Å². The Morgan fingerprint density at radius 2 is 1.53 bits per heavy atom. The average molecular weight is 253 g/mol. The fraction of sp³-hybridized carbons (Fsp3) is 0.188. The van der Waals surface area contributed by atoms with Crippen molar-refractivity contribution in [1.82, 2.24) is 0 Å². The minimum absolute atomic E-state index is 0.212. The Hall–Kier alpha value is -2.31. The molecule has 0 aromatic heterocycles. The van der Waals surface area contributed by atoms with Gasteiger partial charge >= 0.3 is 0 Å². The van der Waals surface area contributed by atoms with E-state index in [9.17, 15) is 0 Å². The Morgan fingerprint density at radius 3 is 2.05 bits per heavy atom. The van der Waals surface area contributed by atoms with Crippen molar-refractivity contribution in [2.45, 2.75) is 12.8 Å². The average Bonchev–Trinajstić information content (AvgIpc) is 2.47. The first kappa shape index (κ1) is 13.1. The maximum absolute atomic E-state index is 8.77. The van der Waals surface area contributed by atoms with Gasteiger partial charge in [0.2, 0.25) is 0 Å². The molecule has 0 saturated carbocycles. The van der Waals surface area contributed by atoms with E-state index < -0.39 is 0 Å². The molecule has 0 aliphatic heterocycles. The zero-order valence-corrected chi connectivity index (χ0v) is 10.5. The van der Waals surface area contributed by atoms with Crippen molar-refractivity contribution in [3.8, 4) is 17.6 Å². The first-order chi connectivity index (χ1) is 9.31. The van der Waals surface area contributed by atoms with E-state index in [1.807, 2.05) is 24.3 Å². The van der Waals surface area contributed by atoms with Crippen LogP contribution in [0.25, 0.3) is 0 Å². The molecule has 0 unspecified atom stereocenters. The number of aliphatic hydroxyl groups is 1. The summed E-state index contributed by atoms with van der Waals surface area (Å²) in [6.07, 6.45) is 1.64. The van der Waals surface area contributed by atoms with Crippen LogP contribution in [0.2, 0.25) is 0 Å². The predicted molar refractivity (Wildman–Crippen MR) is 73.1 cm³/mol. The van der Waals surface area contributed by atoms with Crippen molar-refractivity contribution >= 4 is 0 Å². The van der Waals surface area contributed by atoms with Gasteiger partial charge in [-0.2, -0.15) is 5.26 Å². The summed E-state index contributed by atoms with van der Waals surface area (Å²) in [7, 11) is 0. The molecule has 0 amide bonds. The van der Waals surface area contributed by atoms with E-state index in [1.54, 1.807) is 24.3 Å². The van der Waals surface area contributed by atoms with Crippen LogP contribution in [0, 0.1) is 11.3 Å². The number of aliphatic hydroxyl groups excluding tert-OH is 1. The standard InChI is InChI=1S/C16H15NO2/c17-12-14-5-9-16(10-6-14)19-15-7-3-13(4-8-15)2-1-11-18/h3-10,18H,1-2,11H2. The molecule has 0 fully saturated rings. The zero-order valence-electron chi connectivity index (χ0n) is 10.5. The van der Waals surface area contributed by atoms with Crippen LogP contribution in [-0.2, 0) is 6.42 Å². The predicted octanol–water partition coefficient (Wildman–Crippen LogP) is 3.28. The molecule has 0 atom stereocenters. The summed E-state index contributed by atoms with van der Waals surface area (Å²) in [6.45, 7) is 0.212. The summed E-state index contributed by atoms with van der Waals surface area (Å²) in [6, 6.07) is 16.9. The second kappa shape index (κ2) is 6.58. The molecule has 3 heteroatoms. The van der Waals surface area contributed by atoms with Crippen molar-refractivity contribution in [2.24, 2.45) is 0 Å². The SMILES string of the molecule is N#Cc1ccc(Oc2ccc(CCCO)cc2)cc1. The van der Waals surface area contributed by atoms with E-state index in [0.29, 0.717) is 11.3 Å². The Kier molecular flexibility index (Phi) is 4.54. The van der Waals surface area contributed by atoms with Gasteiger partial charge in [-0.25, -0.2) is 0 Å². The van der Waals surface area contributed by atoms with Gasteiger partial charge in [0.15, 0.2) is 0 Å². The molecule has 19 heavy (non-hydrogen) atoms. The van der Waals surface area contributed by atoms with Crippen molar-refractivity contribution in [3.05, 3.63) is 59.7 Å². The maximum atomic E-state index is 8.77. The van der Waals surface area contributed by atoms with E-state index in [1.165, 1.54) is 5.56 Å². The highest BCUT2D eigenvalue weighted by molar-refractivity contribution is 5.37. The lowest BCUT2D eigenvalue weighted by atomic mass is 10.1. The van der Waals surface area contributed by atoms with E-state index in [0.717, 1.165) is 18.6 Å². The minimum Gasteiger partial charge on any atom is -0.457 e. The molecule has 2 rings (SSSR count). The van der Waals surface area contributed by atoms with Crippen LogP contribution in [-0.4, -0.2) is 11.7 Å². The molecule has 96 valence electrons. The molecule has 0 aliphatic carbocycles. The third-order valence-corrected chi connectivity index (χ3v) is 2.77. The second-order valence-corrected chi connectivity index (χ2v) is 4.21. The third kappa shape index (κ3) is 3.84. The van der Waals surface area contributed by atoms with Gasteiger partial charge in [-0.3, -0.25) is 0 Å². The van der Waals surface area contributed by atoms with Crippen LogP contribution in [0.4, 0.5) is 0 Å². The summed E-state index contributed by atoms with van der Waals surface area (Å²) in [5.74, 6) is 1.47. The molecule has 2 aromatic rings. The zero-order chi connectivity index (χ0) is 13.5. The number of benzene rings is 2. The van der Waals surface area contributed by atoms with Crippen molar-refractivity contribution in [3.63, 3.8) is 0 Å². The lowest BCUT2D eigenvalue weighted by Gasteiger charge is -2.06. The molecule has 2 aromatic carbocycles. The fourth-order valence-corrected chi connectivity index (χ4v) is 1.74. The monoisotopic (exact) mass is 253 g/mol. The van der Waals surface area contributed by atoms with Gasteiger partial charge in [0, 0.05) is 6.61 Å². The van der Waals surface area contributed by atoms with Crippen molar-refractivity contribution < 1.29 is 9.84 Å². The lowest BCUT2D eigenvalue weighted by Crippen LogP contribution is -1.90. The lowest BCUT2D eigenvalue weighted by molar-refractivity contribution is 0.288. The molecule has 0 heterocycles. The van der Waals surface area contributed by atoms with Gasteiger partial charge in [-0.1, -0.05) is 12.1 Å². The van der Waals surface area contributed by atoms with E-state index in [4.69, 9.17) is 15.1 Å². The van der Waals surface area contributed by atoms with Gasteiger partial charge in [0.05, 0.1) is 11.6 Å². The van der Waals surface area contributed by atoms with Crippen LogP contribution in [0.15, 0.2) is 48.5 Å². The first-order valence-corrected chi connectivity index (χ1v) is 6.19. The van der Waals surface area contributed by atoms with Gasteiger partial charge in [-0.15, -0.1) is 0 Å². The molecule has 0 radical (unpaired) electrons. The highest BCUT2D eigenvalue weighted by atomic mass is 16.5. The normalized spacial score (nSPS) is 9.89. The maximum Gasteiger partial charge on any atom is 0.127 e. The Balaban J connectivity index is 2.00. The quantitative estimate of drug-likeness (QED) is 0.889. The molecule has 0 saturated heterocycles. The number of rotatable bonds is 5. The van der Waals surface area contributed by atoms with Crippen molar-refractivity contribution in [2.75, 3.05) is 6.61 Å². The van der Waals surface area contributed by atoms with E-state index >= 15 is 0 Å². The number of hydrogen-bond donors (Lipinski definition) is 1. The summed E-state index contributed by atoms with van der Waals surface area (Å²) in [4.78, 5) is 0. The minimum atomic E-state index is 0.212. The van der Waals surface area contributed by atoms with Crippen LogP contribution in [0.3, 0.4) is 0 Å². The smallest absolute Gasteiger partial charge is 0.127 e. The number of nitriles is 1. The van der Waals surface area contributed by atoms with Crippen LogP contribution in [0.5, 0.6) is 11.5 Å². The van der Waals surface area contributed by atoms with Crippen LogP contribution < -0.4 is 4.74 Å². The van der Waals surface area contributed by atoms with Gasteiger partial charge < -0.3 is 9.84 Å². The molecular weight excluding hydrogens is 238 g/mol. The van der Waals surface area contributed by atoms with E-state index in [-0.39, 0.29) is 6.61 Å². The summed E-state index contributed by atoms with van der Waals surface area (Å²) >= 11 is 0. The topological polar surface area (TPSA) is 53.2 Å². The largest absolute Gasteiger partial charge is 0.457 e. The Labute approximate surface area is 112 Å². The fourth-order valence-electron chi connectivity index (χ4n) is 1.74.